The van der Waals surface area contributed by atoms with E-state index >= 15 is 0 Å². The van der Waals surface area contributed by atoms with Gasteiger partial charge in [-0.15, -0.1) is 0 Å². The van der Waals surface area contributed by atoms with Crippen molar-refractivity contribution < 1.29 is 29.2 Å². The first-order valence-corrected chi connectivity index (χ1v) is 11.3. The molecule has 1 aromatic heterocycles. The van der Waals surface area contributed by atoms with E-state index in [9.17, 15) is 5.11 Å². The van der Waals surface area contributed by atoms with Crippen LogP contribution in [-0.4, -0.2) is 65.6 Å². The zero-order valence-corrected chi connectivity index (χ0v) is 19.5. The molecular weight excluding hydrogens is 424 g/mol. The number of likely N-dealkylation sites (tertiary alicyclic amines) is 1. The molecule has 0 radical (unpaired) electrons. The van der Waals surface area contributed by atoms with E-state index in [1.165, 1.54) is 0 Å². The van der Waals surface area contributed by atoms with Gasteiger partial charge in [-0.1, -0.05) is 6.07 Å². The third-order valence-corrected chi connectivity index (χ3v) is 6.25. The molecule has 0 amide bonds. The highest BCUT2D eigenvalue weighted by Gasteiger charge is 2.42. The SMILES string of the molecule is CCOc1cc(C)ccc1O[C@@H]1C[C@@H]2CN(Cc3cncc(OC)c3)C[C@@H]2C[C@H]1O.O=CO. The molecule has 8 nitrogen and oxygen atoms in total. The lowest BCUT2D eigenvalue weighted by Gasteiger charge is -2.35. The number of aromatic nitrogens is 1. The van der Waals surface area contributed by atoms with Crippen LogP contribution in [0.2, 0.25) is 0 Å². The standard InChI is InChI=1S/C24H32N2O4.CH2O2/c1-4-29-24-7-16(2)5-6-22(24)30-23-10-19-15-26(14-18(19)9-21(23)27)13-17-8-20(28-3)12-25-11-17;2-1-3/h5-8,11-12,18-19,21,23,27H,4,9-10,13-15H2,1-3H3;1H,(H,2,3)/t18-,19+,21+,23+;/m0./s1. The number of aryl methyl sites for hydroxylation is 1. The Morgan fingerprint density at radius 3 is 2.58 bits per heavy atom. The number of fused-ring (bicyclic) bond motifs is 1. The Bertz CT molecular complexity index is 908. The summed E-state index contributed by atoms with van der Waals surface area (Å²) < 4.78 is 17.3. The van der Waals surface area contributed by atoms with Crippen LogP contribution < -0.4 is 14.2 Å². The Morgan fingerprint density at radius 2 is 1.88 bits per heavy atom. The lowest BCUT2D eigenvalue weighted by atomic mass is 9.78. The quantitative estimate of drug-likeness (QED) is 0.610. The number of carboxylic acid groups (broad SMARTS) is 1. The fourth-order valence-corrected chi connectivity index (χ4v) is 4.81. The van der Waals surface area contributed by atoms with E-state index in [0.29, 0.717) is 18.4 Å². The van der Waals surface area contributed by atoms with Crippen LogP contribution in [0.4, 0.5) is 0 Å². The van der Waals surface area contributed by atoms with Crippen molar-refractivity contribution in [2.45, 2.75) is 45.4 Å². The number of nitrogens with zero attached hydrogens (tertiary/aromatic N) is 2. The fraction of sp³-hybridized carbons (Fsp3) is 0.520. The average Bonchev–Trinajstić information content (AvgIpc) is 3.17. The lowest BCUT2D eigenvalue weighted by Crippen LogP contribution is -2.42. The minimum absolute atomic E-state index is 0.202. The van der Waals surface area contributed by atoms with E-state index in [2.05, 4.69) is 9.88 Å². The summed E-state index contributed by atoms with van der Waals surface area (Å²) in [5.41, 5.74) is 2.29. The van der Waals surface area contributed by atoms with Crippen LogP contribution in [-0.2, 0) is 11.3 Å². The molecule has 1 aliphatic heterocycles. The van der Waals surface area contributed by atoms with Crippen LogP contribution in [0.15, 0.2) is 36.7 Å². The summed E-state index contributed by atoms with van der Waals surface area (Å²) in [4.78, 5) is 15.1. The monoisotopic (exact) mass is 458 g/mol. The number of ether oxygens (including phenoxy) is 3. The number of rotatable bonds is 7. The van der Waals surface area contributed by atoms with Gasteiger partial charge in [0.15, 0.2) is 11.5 Å². The van der Waals surface area contributed by atoms with Gasteiger partial charge in [-0.05, 0) is 67.9 Å². The van der Waals surface area contributed by atoms with Gasteiger partial charge in [0.25, 0.3) is 6.47 Å². The molecule has 1 aromatic carbocycles. The Balaban J connectivity index is 0.000000968. The molecule has 4 atom stereocenters. The van der Waals surface area contributed by atoms with Crippen LogP contribution in [0.5, 0.6) is 17.2 Å². The summed E-state index contributed by atoms with van der Waals surface area (Å²) in [6, 6.07) is 8.02. The maximum atomic E-state index is 10.8. The molecule has 2 aromatic rings. The Labute approximate surface area is 195 Å². The molecule has 0 unspecified atom stereocenters. The van der Waals surface area contributed by atoms with Crippen molar-refractivity contribution in [1.29, 1.82) is 0 Å². The maximum Gasteiger partial charge on any atom is 0.290 e. The topological polar surface area (TPSA) is 101 Å². The molecule has 0 bridgehead atoms. The molecular formula is C25H34N2O6. The Kier molecular flexibility index (Phi) is 8.91. The molecule has 33 heavy (non-hydrogen) atoms. The molecule has 1 saturated heterocycles. The first-order chi connectivity index (χ1) is 16.0. The first-order valence-electron chi connectivity index (χ1n) is 11.3. The average molecular weight is 459 g/mol. The van der Waals surface area contributed by atoms with Gasteiger partial charge < -0.3 is 24.4 Å². The van der Waals surface area contributed by atoms with Crippen LogP contribution in [0, 0.1) is 18.8 Å². The second-order valence-electron chi connectivity index (χ2n) is 8.63. The Morgan fingerprint density at radius 1 is 1.15 bits per heavy atom. The van der Waals surface area contributed by atoms with Gasteiger partial charge in [0.05, 0.1) is 26.0 Å². The number of methoxy groups -OCH3 is 1. The zero-order chi connectivity index (χ0) is 23.8. The number of aliphatic hydroxyl groups excluding tert-OH is 1. The molecule has 0 spiro atoms. The molecule has 4 rings (SSSR count). The van der Waals surface area contributed by atoms with Crippen LogP contribution in [0.1, 0.15) is 30.9 Å². The van der Waals surface area contributed by atoms with Gasteiger partial charge in [-0.3, -0.25) is 14.7 Å². The molecule has 180 valence electrons. The summed E-state index contributed by atoms with van der Waals surface area (Å²) in [7, 11) is 1.66. The molecule has 1 aliphatic carbocycles. The minimum atomic E-state index is -0.458. The Hall–Kier alpha value is -2.84. The highest BCUT2D eigenvalue weighted by molar-refractivity contribution is 5.42. The van der Waals surface area contributed by atoms with E-state index in [4.69, 9.17) is 24.1 Å². The maximum absolute atomic E-state index is 10.8. The van der Waals surface area contributed by atoms with Gasteiger partial charge in [0.1, 0.15) is 11.9 Å². The summed E-state index contributed by atoms with van der Waals surface area (Å²) in [6.45, 7) is 7.21. The fourth-order valence-electron chi connectivity index (χ4n) is 4.81. The number of benzene rings is 1. The zero-order valence-electron chi connectivity index (χ0n) is 19.5. The summed E-state index contributed by atoms with van der Waals surface area (Å²) in [6.07, 6.45) is 4.60. The van der Waals surface area contributed by atoms with Crippen molar-refractivity contribution in [3.8, 4) is 17.2 Å². The van der Waals surface area contributed by atoms with Gasteiger partial charge >= 0.3 is 0 Å². The molecule has 2 N–H and O–H groups in total. The summed E-state index contributed by atoms with van der Waals surface area (Å²) in [5.74, 6) is 3.30. The molecule has 2 aliphatic rings. The minimum Gasteiger partial charge on any atom is -0.495 e. The van der Waals surface area contributed by atoms with E-state index in [1.807, 2.05) is 44.3 Å². The molecule has 2 heterocycles. The number of hydrogen-bond donors (Lipinski definition) is 2. The van der Waals surface area contributed by atoms with Gasteiger partial charge in [0, 0.05) is 25.8 Å². The first kappa shape index (κ1) is 24.8. The number of hydrogen-bond acceptors (Lipinski definition) is 7. The summed E-state index contributed by atoms with van der Waals surface area (Å²) >= 11 is 0. The third-order valence-electron chi connectivity index (χ3n) is 6.25. The molecule has 8 heteroatoms. The second kappa shape index (κ2) is 11.9. The number of pyridine rings is 1. The third kappa shape index (κ3) is 6.58. The molecule has 1 saturated carbocycles. The van der Waals surface area contributed by atoms with Gasteiger partial charge in [0.2, 0.25) is 0 Å². The highest BCUT2D eigenvalue weighted by Crippen LogP contribution is 2.40. The van der Waals surface area contributed by atoms with Crippen molar-refractivity contribution in [1.82, 2.24) is 9.88 Å². The predicted molar refractivity (Wildman–Crippen MR) is 124 cm³/mol. The molecule has 2 fully saturated rings. The van der Waals surface area contributed by atoms with Crippen LogP contribution in [0.3, 0.4) is 0 Å². The van der Waals surface area contributed by atoms with Crippen molar-refractivity contribution in [2.75, 3.05) is 26.8 Å². The predicted octanol–water partition coefficient (Wildman–Crippen LogP) is 3.15. The van der Waals surface area contributed by atoms with Gasteiger partial charge in [-0.2, -0.15) is 0 Å². The van der Waals surface area contributed by atoms with Crippen LogP contribution >= 0.6 is 0 Å². The normalized spacial score (nSPS) is 24.2. The van der Waals surface area contributed by atoms with E-state index in [0.717, 1.165) is 60.9 Å². The number of aliphatic hydroxyl groups is 1. The lowest BCUT2D eigenvalue weighted by molar-refractivity contribution is -0.122. The van der Waals surface area contributed by atoms with Crippen molar-refractivity contribution in [3.05, 3.63) is 47.8 Å². The van der Waals surface area contributed by atoms with E-state index < -0.39 is 6.10 Å². The second-order valence-corrected chi connectivity index (χ2v) is 8.63. The van der Waals surface area contributed by atoms with Crippen molar-refractivity contribution in [2.24, 2.45) is 11.8 Å². The van der Waals surface area contributed by atoms with Crippen molar-refractivity contribution >= 4 is 6.47 Å². The van der Waals surface area contributed by atoms with E-state index in [1.54, 1.807) is 13.3 Å². The van der Waals surface area contributed by atoms with Crippen molar-refractivity contribution in [3.63, 3.8) is 0 Å². The largest absolute Gasteiger partial charge is 0.495 e. The van der Waals surface area contributed by atoms with Crippen LogP contribution in [0.25, 0.3) is 0 Å². The smallest absolute Gasteiger partial charge is 0.290 e. The van der Waals surface area contributed by atoms with Gasteiger partial charge in [-0.25, -0.2) is 0 Å². The summed E-state index contributed by atoms with van der Waals surface area (Å²) in [5, 5.41) is 17.7. The highest BCUT2D eigenvalue weighted by atomic mass is 16.5. The van der Waals surface area contributed by atoms with E-state index in [-0.39, 0.29) is 12.6 Å². The number of carbonyl (C=O) groups is 1.